The third-order valence-corrected chi connectivity index (χ3v) is 6.22. The number of benzene rings is 2. The van der Waals surface area contributed by atoms with Gasteiger partial charge in [0.05, 0.1) is 18.2 Å². The fourth-order valence-corrected chi connectivity index (χ4v) is 4.53. The number of carbonyl (C=O) groups is 1. The highest BCUT2D eigenvalue weighted by Gasteiger charge is 2.37. The average molecular weight is 430 g/mol. The minimum atomic E-state index is -0.475. The highest BCUT2D eigenvalue weighted by Crippen LogP contribution is 2.39. The fraction of sp³-hybridized carbons (Fsp3) is 0.250. The van der Waals surface area contributed by atoms with Gasteiger partial charge in [0.1, 0.15) is 16.8 Å². The minimum Gasteiger partial charge on any atom is -0.495 e. The first-order valence-electron chi connectivity index (χ1n) is 9.02. The number of aryl methyl sites for hydroxylation is 2. The average Bonchev–Trinajstić information content (AvgIpc) is 3.08. The van der Waals surface area contributed by atoms with E-state index in [0.717, 1.165) is 22.6 Å². The van der Waals surface area contributed by atoms with Gasteiger partial charge >= 0.3 is 0 Å². The largest absolute Gasteiger partial charge is 0.495 e. The van der Waals surface area contributed by atoms with E-state index in [1.165, 1.54) is 11.8 Å². The van der Waals surface area contributed by atoms with Crippen molar-refractivity contribution in [3.8, 4) is 5.75 Å². The van der Waals surface area contributed by atoms with E-state index in [9.17, 15) is 4.79 Å². The summed E-state index contributed by atoms with van der Waals surface area (Å²) in [6.45, 7) is 3.86. The number of aromatic nitrogens is 3. The molecule has 0 bridgehead atoms. The third kappa shape index (κ3) is 3.90. The molecule has 3 aromatic rings. The number of fused-ring (bicyclic) bond motifs is 1. The monoisotopic (exact) mass is 429 g/mol. The summed E-state index contributed by atoms with van der Waals surface area (Å²) in [6, 6.07) is 12.9. The second-order valence-corrected chi connectivity index (χ2v) is 8.28. The quantitative estimate of drug-likeness (QED) is 0.653. The lowest BCUT2D eigenvalue weighted by atomic mass is 10.0. The molecule has 0 fully saturated rings. The maximum atomic E-state index is 13.2. The van der Waals surface area contributed by atoms with Crippen molar-refractivity contribution < 1.29 is 9.53 Å². The van der Waals surface area contributed by atoms with Gasteiger partial charge in [-0.2, -0.15) is 0 Å². The Bertz CT molecular complexity index is 1050. The number of methoxy groups -OCH3 is 1. The van der Waals surface area contributed by atoms with Crippen molar-refractivity contribution in [1.82, 2.24) is 14.9 Å². The molecule has 29 heavy (non-hydrogen) atoms. The maximum absolute atomic E-state index is 13.2. The van der Waals surface area contributed by atoms with Gasteiger partial charge in [0.2, 0.25) is 11.1 Å². The summed E-state index contributed by atoms with van der Waals surface area (Å²) in [5.41, 5.74) is 6.11. The summed E-state index contributed by atoms with van der Waals surface area (Å²) in [4.78, 5) is 13.2. The molecular weight excluding hydrogens is 410 g/mol. The zero-order valence-electron chi connectivity index (χ0n) is 16.1. The van der Waals surface area contributed by atoms with E-state index >= 15 is 0 Å². The van der Waals surface area contributed by atoms with Crippen LogP contribution in [0.1, 0.15) is 23.0 Å². The summed E-state index contributed by atoms with van der Waals surface area (Å²) in [5, 5.41) is 11.9. The van der Waals surface area contributed by atoms with Gasteiger partial charge in [-0.15, -0.1) is 10.2 Å². The molecule has 2 heterocycles. The summed E-state index contributed by atoms with van der Waals surface area (Å²) in [7, 11) is 1.57. The van der Waals surface area contributed by atoms with Crippen molar-refractivity contribution in [2.24, 2.45) is 0 Å². The van der Waals surface area contributed by atoms with E-state index in [1.807, 2.05) is 50.2 Å². The van der Waals surface area contributed by atoms with E-state index in [4.69, 9.17) is 16.3 Å². The number of anilines is 1. The predicted molar refractivity (Wildman–Crippen MR) is 114 cm³/mol. The molecule has 0 aliphatic carbocycles. The summed E-state index contributed by atoms with van der Waals surface area (Å²) in [6.07, 6.45) is 0. The van der Waals surface area contributed by atoms with Crippen LogP contribution in [0.25, 0.3) is 0 Å². The number of hydrogen-bond donors (Lipinski definition) is 2. The minimum absolute atomic E-state index is 0.129. The molecule has 2 aromatic carbocycles. The summed E-state index contributed by atoms with van der Waals surface area (Å²) in [5.74, 6) is 1.17. The van der Waals surface area contributed by atoms with Crippen molar-refractivity contribution in [2.45, 2.75) is 30.3 Å². The molecule has 1 aliphatic heterocycles. The van der Waals surface area contributed by atoms with E-state index in [2.05, 4.69) is 20.9 Å². The van der Waals surface area contributed by atoms with Crippen LogP contribution in [0, 0.1) is 13.8 Å². The molecule has 0 radical (unpaired) electrons. The first-order valence-corrected chi connectivity index (χ1v) is 10.3. The van der Waals surface area contributed by atoms with Gasteiger partial charge < -0.3 is 15.5 Å². The van der Waals surface area contributed by atoms with Crippen molar-refractivity contribution >= 4 is 35.0 Å². The first-order chi connectivity index (χ1) is 14.0. The van der Waals surface area contributed by atoms with E-state index in [1.54, 1.807) is 17.9 Å². The van der Waals surface area contributed by atoms with Crippen LogP contribution >= 0.6 is 23.4 Å². The van der Waals surface area contributed by atoms with Crippen LogP contribution in [-0.2, 0) is 4.79 Å². The van der Waals surface area contributed by atoms with Crippen LogP contribution < -0.4 is 15.5 Å². The van der Waals surface area contributed by atoms with E-state index in [-0.39, 0.29) is 11.9 Å². The lowest BCUT2D eigenvalue weighted by Gasteiger charge is -2.33. The molecule has 9 heteroatoms. The van der Waals surface area contributed by atoms with Crippen LogP contribution in [0.15, 0.2) is 47.6 Å². The van der Waals surface area contributed by atoms with Crippen LogP contribution in [0.2, 0.25) is 5.02 Å². The number of nitrogens with zero attached hydrogens (tertiary/aromatic N) is 3. The van der Waals surface area contributed by atoms with Crippen molar-refractivity contribution in [1.29, 1.82) is 0 Å². The Labute approximate surface area is 177 Å². The molecule has 2 atom stereocenters. The van der Waals surface area contributed by atoms with Gasteiger partial charge in [-0.25, -0.2) is 4.68 Å². The number of rotatable bonds is 4. The Balaban J connectivity index is 1.67. The zero-order chi connectivity index (χ0) is 20.5. The Morgan fingerprint density at radius 2 is 1.97 bits per heavy atom. The first kappa shape index (κ1) is 19.6. The number of ether oxygens (including phenoxy) is 1. The third-order valence-electron chi connectivity index (χ3n) is 4.71. The summed E-state index contributed by atoms with van der Waals surface area (Å²) < 4.78 is 7.05. The number of amides is 1. The van der Waals surface area contributed by atoms with Gasteiger partial charge in [-0.3, -0.25) is 4.79 Å². The highest BCUT2D eigenvalue weighted by molar-refractivity contribution is 8.00. The molecule has 4 rings (SSSR count). The molecule has 1 amide bonds. The van der Waals surface area contributed by atoms with Gasteiger partial charge in [-0.05, 0) is 43.7 Å². The Kier molecular flexibility index (Phi) is 5.38. The van der Waals surface area contributed by atoms with Crippen molar-refractivity contribution in [2.75, 3.05) is 17.9 Å². The topological polar surface area (TPSA) is 81.1 Å². The van der Waals surface area contributed by atoms with Gasteiger partial charge in [0, 0.05) is 5.69 Å². The predicted octanol–water partition coefficient (Wildman–Crippen LogP) is 3.95. The smallest absolute Gasteiger partial charge is 0.240 e. The zero-order valence-corrected chi connectivity index (χ0v) is 17.7. The van der Waals surface area contributed by atoms with Gasteiger partial charge in [-0.1, -0.05) is 47.1 Å². The molecule has 0 unspecified atom stereocenters. The molecule has 1 aromatic heterocycles. The number of carbonyl (C=O) groups excluding carboxylic acids is 1. The molecule has 1 aliphatic rings. The lowest BCUT2D eigenvalue weighted by molar-refractivity contribution is -0.116. The standard InChI is InChI=1S/C20H20ClN5O2S/c1-11-4-7-14(8-5-11)22-19(27)18-17(13-6-9-16(28-3)15(21)10-13)25-26-12(2)23-24-20(26)29-18/h4-10,17-18,25H,1-3H3,(H,22,27)/t17-,18-/m1/s1. The molecule has 0 spiro atoms. The number of nitrogens with one attached hydrogen (secondary N) is 2. The molecule has 2 N–H and O–H groups in total. The van der Waals surface area contributed by atoms with Crippen LogP contribution in [0.3, 0.4) is 0 Å². The second-order valence-electron chi connectivity index (χ2n) is 6.76. The molecule has 0 saturated heterocycles. The number of halogens is 1. The molecule has 7 nitrogen and oxygen atoms in total. The molecule has 0 saturated carbocycles. The lowest BCUT2D eigenvalue weighted by Crippen LogP contribution is -2.41. The fourth-order valence-electron chi connectivity index (χ4n) is 3.14. The van der Waals surface area contributed by atoms with Crippen LogP contribution in [-0.4, -0.2) is 33.1 Å². The van der Waals surface area contributed by atoms with Crippen LogP contribution in [0.4, 0.5) is 5.69 Å². The number of hydrogen-bond acceptors (Lipinski definition) is 6. The maximum Gasteiger partial charge on any atom is 0.240 e. The normalized spacial score (nSPS) is 17.9. The number of thioether (sulfide) groups is 1. The van der Waals surface area contributed by atoms with Gasteiger partial charge in [0.15, 0.2) is 0 Å². The Hall–Kier alpha value is -2.71. The highest BCUT2D eigenvalue weighted by atomic mass is 35.5. The molecular formula is C20H20ClN5O2S. The van der Waals surface area contributed by atoms with Crippen LogP contribution in [0.5, 0.6) is 5.75 Å². The van der Waals surface area contributed by atoms with E-state index < -0.39 is 5.25 Å². The molecule has 150 valence electrons. The van der Waals surface area contributed by atoms with Crippen molar-refractivity contribution in [3.05, 3.63) is 64.4 Å². The second kappa shape index (κ2) is 7.96. The Morgan fingerprint density at radius 3 is 2.66 bits per heavy atom. The van der Waals surface area contributed by atoms with Gasteiger partial charge in [0.25, 0.3) is 0 Å². The van der Waals surface area contributed by atoms with Crippen molar-refractivity contribution in [3.63, 3.8) is 0 Å². The van der Waals surface area contributed by atoms with E-state index in [0.29, 0.717) is 15.9 Å². The Morgan fingerprint density at radius 1 is 1.21 bits per heavy atom. The summed E-state index contributed by atoms with van der Waals surface area (Å²) >= 11 is 7.71. The SMILES string of the molecule is COc1ccc([C@H]2Nn3c(C)nnc3S[C@H]2C(=O)Nc2ccc(C)cc2)cc1Cl.